The van der Waals surface area contributed by atoms with Gasteiger partial charge in [-0.15, -0.1) is 0 Å². The van der Waals surface area contributed by atoms with Crippen LogP contribution in [0.4, 0.5) is 9.59 Å². The van der Waals surface area contributed by atoms with Crippen LogP contribution in [-0.2, 0) is 21.3 Å². The van der Waals surface area contributed by atoms with Gasteiger partial charge in [-0.2, -0.15) is 0 Å². The van der Waals surface area contributed by atoms with Crippen molar-refractivity contribution in [1.82, 2.24) is 4.90 Å². The van der Waals surface area contributed by atoms with Gasteiger partial charge in [-0.05, 0) is 71.2 Å². The average Bonchev–Trinajstić information content (AvgIpc) is 2.49. The van der Waals surface area contributed by atoms with E-state index in [1.165, 1.54) is 6.07 Å². The maximum atomic E-state index is 12.6. The van der Waals surface area contributed by atoms with Gasteiger partial charge in [-0.1, -0.05) is 22.0 Å². The molecule has 1 aromatic rings. The van der Waals surface area contributed by atoms with Gasteiger partial charge in [0.25, 0.3) is 0 Å². The van der Waals surface area contributed by atoms with E-state index >= 15 is 0 Å². The van der Waals surface area contributed by atoms with E-state index in [0.29, 0.717) is 16.5 Å². The Balaban J connectivity index is 3.32. The molecular weight excluding hydrogens is 430 g/mol. The molecule has 28 heavy (non-hydrogen) atoms. The van der Waals surface area contributed by atoms with Crippen molar-refractivity contribution in [3.05, 3.63) is 34.4 Å². The molecule has 0 aliphatic carbocycles. The quantitative estimate of drug-likeness (QED) is 0.619. The number of rotatable bonds is 4. The molecule has 1 rings (SSSR count). The standard InChI is InChI=1S/C20H28BrNO6/c1-12-14(10-21)8-13(9-15(12)16(23)24)11-22(17(25)27-19(2,3)4)18(26)28-20(5,6)7/h8-9H,10-11H2,1-7H3,(H,23,24). The molecule has 0 aliphatic heterocycles. The highest BCUT2D eigenvalue weighted by Gasteiger charge is 2.31. The minimum Gasteiger partial charge on any atom is -0.478 e. The second-order valence-electron chi connectivity index (χ2n) is 8.41. The highest BCUT2D eigenvalue weighted by molar-refractivity contribution is 9.08. The normalized spacial score (nSPS) is 11.7. The maximum absolute atomic E-state index is 12.6. The highest BCUT2D eigenvalue weighted by Crippen LogP contribution is 2.23. The van der Waals surface area contributed by atoms with Crippen molar-refractivity contribution in [3.8, 4) is 0 Å². The summed E-state index contributed by atoms with van der Waals surface area (Å²) in [7, 11) is 0. The number of hydrogen-bond acceptors (Lipinski definition) is 5. The van der Waals surface area contributed by atoms with Gasteiger partial charge in [0.05, 0.1) is 12.1 Å². The highest BCUT2D eigenvalue weighted by atomic mass is 79.9. The largest absolute Gasteiger partial charge is 0.478 e. The zero-order valence-corrected chi connectivity index (χ0v) is 19.0. The van der Waals surface area contributed by atoms with Crippen molar-refractivity contribution in [2.75, 3.05) is 0 Å². The lowest BCUT2D eigenvalue weighted by Crippen LogP contribution is -2.43. The van der Waals surface area contributed by atoms with Gasteiger partial charge in [0.2, 0.25) is 0 Å². The van der Waals surface area contributed by atoms with Crippen molar-refractivity contribution < 1.29 is 29.0 Å². The Kier molecular flexibility index (Phi) is 7.65. The van der Waals surface area contributed by atoms with Crippen LogP contribution in [0.15, 0.2) is 12.1 Å². The lowest BCUT2D eigenvalue weighted by molar-refractivity contribution is -0.000264. The fraction of sp³-hybridized carbons (Fsp3) is 0.550. The molecule has 0 saturated carbocycles. The summed E-state index contributed by atoms with van der Waals surface area (Å²) in [6.45, 7) is 11.7. The summed E-state index contributed by atoms with van der Waals surface area (Å²) in [6.07, 6.45) is -1.72. The van der Waals surface area contributed by atoms with Crippen molar-refractivity contribution in [3.63, 3.8) is 0 Å². The lowest BCUT2D eigenvalue weighted by atomic mass is 9.99. The number of benzene rings is 1. The summed E-state index contributed by atoms with van der Waals surface area (Å²) >= 11 is 3.34. The number of imide groups is 1. The average molecular weight is 458 g/mol. The topological polar surface area (TPSA) is 93.1 Å². The molecule has 0 bridgehead atoms. The SMILES string of the molecule is Cc1c(CBr)cc(CN(C(=O)OC(C)(C)C)C(=O)OC(C)(C)C)cc1C(=O)O. The number of carbonyl (C=O) groups is 3. The monoisotopic (exact) mass is 457 g/mol. The number of aromatic carboxylic acids is 1. The molecule has 0 aromatic heterocycles. The summed E-state index contributed by atoms with van der Waals surface area (Å²) in [5.41, 5.74) is 0.349. The number of carboxylic acid groups (broad SMARTS) is 1. The van der Waals surface area contributed by atoms with Crippen molar-refractivity contribution >= 4 is 34.1 Å². The first-order valence-corrected chi connectivity index (χ1v) is 9.92. The van der Waals surface area contributed by atoms with Crippen LogP contribution in [0.1, 0.15) is 68.6 Å². The first-order valence-electron chi connectivity index (χ1n) is 8.79. The number of alkyl halides is 1. The van der Waals surface area contributed by atoms with E-state index in [-0.39, 0.29) is 12.1 Å². The predicted molar refractivity (Wildman–Crippen MR) is 109 cm³/mol. The first-order chi connectivity index (χ1) is 12.6. The van der Waals surface area contributed by atoms with E-state index in [0.717, 1.165) is 10.5 Å². The van der Waals surface area contributed by atoms with Crippen molar-refractivity contribution in [2.45, 2.75) is 71.5 Å². The fourth-order valence-electron chi connectivity index (χ4n) is 2.31. The third kappa shape index (κ3) is 7.14. The van der Waals surface area contributed by atoms with Crippen LogP contribution in [0.3, 0.4) is 0 Å². The van der Waals surface area contributed by atoms with Crippen molar-refractivity contribution in [2.24, 2.45) is 0 Å². The molecular formula is C20H28BrNO6. The predicted octanol–water partition coefficient (Wildman–Crippen LogP) is 5.26. The Morgan fingerprint density at radius 1 is 1.00 bits per heavy atom. The molecule has 0 fully saturated rings. The molecule has 8 heteroatoms. The molecule has 0 radical (unpaired) electrons. The van der Waals surface area contributed by atoms with Gasteiger partial charge in [-0.25, -0.2) is 19.3 Å². The van der Waals surface area contributed by atoms with E-state index in [9.17, 15) is 19.5 Å². The van der Waals surface area contributed by atoms with Gasteiger partial charge in [0.15, 0.2) is 0 Å². The molecule has 0 atom stereocenters. The summed E-state index contributed by atoms with van der Waals surface area (Å²) in [6, 6.07) is 3.20. The van der Waals surface area contributed by atoms with Gasteiger partial charge >= 0.3 is 18.2 Å². The van der Waals surface area contributed by atoms with Gasteiger partial charge in [0, 0.05) is 5.33 Å². The molecule has 0 saturated heterocycles. The van der Waals surface area contributed by atoms with Crippen LogP contribution < -0.4 is 0 Å². The summed E-state index contributed by atoms with van der Waals surface area (Å²) < 4.78 is 10.7. The van der Waals surface area contributed by atoms with E-state index < -0.39 is 29.4 Å². The number of hydrogen-bond donors (Lipinski definition) is 1. The number of halogens is 1. The Hall–Kier alpha value is -2.09. The van der Waals surface area contributed by atoms with E-state index in [4.69, 9.17) is 9.47 Å². The Morgan fingerprint density at radius 3 is 1.82 bits per heavy atom. The Morgan fingerprint density at radius 2 is 1.46 bits per heavy atom. The molecule has 1 aromatic carbocycles. The Bertz CT molecular complexity index is 733. The molecule has 2 amide bonds. The van der Waals surface area contributed by atoms with E-state index in [2.05, 4.69) is 15.9 Å². The molecule has 156 valence electrons. The van der Waals surface area contributed by atoms with Crippen LogP contribution in [0, 0.1) is 6.92 Å². The lowest BCUT2D eigenvalue weighted by Gasteiger charge is -2.29. The number of carboxylic acids is 1. The van der Waals surface area contributed by atoms with E-state index in [1.54, 1.807) is 54.5 Å². The number of amides is 2. The number of ether oxygens (including phenoxy) is 2. The summed E-state index contributed by atoms with van der Waals surface area (Å²) in [5, 5.41) is 9.89. The number of nitrogens with zero attached hydrogens (tertiary/aromatic N) is 1. The Labute approximate surface area is 174 Å². The zero-order valence-electron chi connectivity index (χ0n) is 17.4. The molecule has 0 aliphatic rings. The van der Waals surface area contributed by atoms with Crippen LogP contribution in [0.5, 0.6) is 0 Å². The zero-order chi connectivity index (χ0) is 21.9. The molecule has 0 spiro atoms. The van der Waals surface area contributed by atoms with Crippen LogP contribution in [-0.4, -0.2) is 39.4 Å². The fourth-order valence-corrected chi connectivity index (χ4v) is 2.90. The van der Waals surface area contributed by atoms with Gasteiger partial charge in [0.1, 0.15) is 11.2 Å². The van der Waals surface area contributed by atoms with E-state index in [1.807, 2.05) is 0 Å². The van der Waals surface area contributed by atoms with Gasteiger partial charge < -0.3 is 14.6 Å². The summed E-state index contributed by atoms with van der Waals surface area (Å²) in [4.78, 5) is 37.6. The molecule has 1 N–H and O–H groups in total. The first kappa shape index (κ1) is 23.9. The molecule has 0 heterocycles. The van der Waals surface area contributed by atoms with Gasteiger partial charge in [-0.3, -0.25) is 0 Å². The second-order valence-corrected chi connectivity index (χ2v) is 8.97. The third-order valence-corrected chi connectivity index (χ3v) is 4.12. The van der Waals surface area contributed by atoms with Crippen LogP contribution in [0.2, 0.25) is 0 Å². The molecule has 7 nitrogen and oxygen atoms in total. The van der Waals surface area contributed by atoms with Crippen LogP contribution in [0.25, 0.3) is 0 Å². The summed E-state index contributed by atoms with van der Waals surface area (Å²) in [5.74, 6) is -1.08. The minimum absolute atomic E-state index is 0.111. The number of carbonyl (C=O) groups excluding carboxylic acids is 2. The minimum atomic E-state index is -1.08. The third-order valence-electron chi connectivity index (χ3n) is 3.52. The smallest absolute Gasteiger partial charge is 0.420 e. The van der Waals surface area contributed by atoms with Crippen LogP contribution >= 0.6 is 15.9 Å². The molecule has 0 unspecified atom stereocenters. The second kappa shape index (κ2) is 8.94. The maximum Gasteiger partial charge on any atom is 0.420 e. The van der Waals surface area contributed by atoms with Crippen molar-refractivity contribution in [1.29, 1.82) is 0 Å².